The van der Waals surface area contributed by atoms with Gasteiger partial charge in [-0.05, 0) is 17.5 Å². The number of imidazole rings is 1. The molecular formula is C17H22Cl2N4O. The van der Waals surface area contributed by atoms with Crippen LogP contribution in [0.2, 0.25) is 10.0 Å². The van der Waals surface area contributed by atoms with Crippen LogP contribution in [0.4, 0.5) is 5.95 Å². The summed E-state index contributed by atoms with van der Waals surface area (Å²) in [6, 6.07) is 5.37. The quantitative estimate of drug-likeness (QED) is 0.720. The standard InChI is InChI=1S/C17H22Cl2N4O/c1-9(2)14(10(3)13-8-22-17(20)23-13)16(24)21-7-11-5-4-6-12(18)15(11)19/h4-6,8-10,14H,7H2,1-3H3,(H,21,24)(H3,20,22,23). The normalized spacial score (nSPS) is 13.8. The van der Waals surface area contributed by atoms with Gasteiger partial charge in [0, 0.05) is 24.6 Å². The van der Waals surface area contributed by atoms with Gasteiger partial charge in [0.1, 0.15) is 0 Å². The van der Waals surface area contributed by atoms with Crippen molar-refractivity contribution in [2.24, 2.45) is 11.8 Å². The summed E-state index contributed by atoms with van der Waals surface area (Å²) in [7, 11) is 0. The molecule has 0 spiro atoms. The fourth-order valence-electron chi connectivity index (χ4n) is 2.86. The van der Waals surface area contributed by atoms with Crippen molar-refractivity contribution in [1.29, 1.82) is 0 Å². The average Bonchev–Trinajstić information content (AvgIpc) is 2.95. The van der Waals surface area contributed by atoms with E-state index in [4.69, 9.17) is 28.9 Å². The number of H-pyrrole nitrogens is 1. The summed E-state index contributed by atoms with van der Waals surface area (Å²) < 4.78 is 0. The van der Waals surface area contributed by atoms with Crippen LogP contribution in [-0.4, -0.2) is 15.9 Å². The number of benzene rings is 1. The molecule has 1 aromatic heterocycles. The van der Waals surface area contributed by atoms with E-state index in [0.717, 1.165) is 11.3 Å². The van der Waals surface area contributed by atoms with E-state index in [1.54, 1.807) is 12.3 Å². The number of nitrogens with zero attached hydrogens (tertiary/aromatic N) is 1. The molecule has 1 heterocycles. The summed E-state index contributed by atoms with van der Waals surface area (Å²) in [6.07, 6.45) is 1.75. The van der Waals surface area contributed by atoms with Gasteiger partial charge in [0.2, 0.25) is 5.91 Å². The van der Waals surface area contributed by atoms with Gasteiger partial charge < -0.3 is 16.0 Å². The highest BCUT2D eigenvalue weighted by Crippen LogP contribution is 2.30. The maximum absolute atomic E-state index is 12.7. The van der Waals surface area contributed by atoms with Gasteiger partial charge in [-0.25, -0.2) is 4.98 Å². The number of nitrogen functional groups attached to an aromatic ring is 1. The Kier molecular flexibility index (Phi) is 6.13. The lowest BCUT2D eigenvalue weighted by atomic mass is 9.82. The first-order valence-corrected chi connectivity index (χ1v) is 8.58. The molecule has 5 nitrogen and oxygen atoms in total. The van der Waals surface area contributed by atoms with Crippen molar-refractivity contribution in [3.05, 3.63) is 45.7 Å². The molecule has 0 saturated carbocycles. The Bertz CT molecular complexity index is 714. The zero-order valence-electron chi connectivity index (χ0n) is 13.9. The van der Waals surface area contributed by atoms with Crippen molar-refractivity contribution in [1.82, 2.24) is 15.3 Å². The fraction of sp³-hybridized carbons (Fsp3) is 0.412. The van der Waals surface area contributed by atoms with Crippen molar-refractivity contribution < 1.29 is 4.79 Å². The van der Waals surface area contributed by atoms with Crippen molar-refractivity contribution in [2.75, 3.05) is 5.73 Å². The SMILES string of the molecule is CC(C)C(C(=O)NCc1cccc(Cl)c1Cl)C(C)c1c[nH]c(N)n1. The minimum atomic E-state index is -0.231. The first-order valence-electron chi connectivity index (χ1n) is 7.82. The number of aromatic nitrogens is 2. The van der Waals surface area contributed by atoms with Crippen LogP contribution >= 0.6 is 23.2 Å². The minimum absolute atomic E-state index is 0.0462. The van der Waals surface area contributed by atoms with Crippen molar-refractivity contribution in [3.8, 4) is 0 Å². The molecule has 0 radical (unpaired) electrons. The van der Waals surface area contributed by atoms with Crippen LogP contribution in [0.3, 0.4) is 0 Å². The van der Waals surface area contributed by atoms with Crippen LogP contribution in [0.1, 0.15) is 37.9 Å². The number of amides is 1. The van der Waals surface area contributed by atoms with Gasteiger partial charge in [-0.3, -0.25) is 4.79 Å². The third-order valence-corrected chi connectivity index (χ3v) is 4.99. The zero-order valence-corrected chi connectivity index (χ0v) is 15.4. The number of carbonyl (C=O) groups is 1. The Morgan fingerprint density at radius 1 is 1.33 bits per heavy atom. The number of nitrogens with two attached hydrogens (primary N) is 1. The Balaban J connectivity index is 2.10. The highest BCUT2D eigenvalue weighted by Gasteiger charge is 2.30. The molecule has 0 aliphatic heterocycles. The van der Waals surface area contributed by atoms with Gasteiger partial charge in [-0.2, -0.15) is 0 Å². The number of aromatic amines is 1. The molecule has 0 saturated heterocycles. The van der Waals surface area contributed by atoms with Crippen molar-refractivity contribution >= 4 is 35.1 Å². The Morgan fingerprint density at radius 2 is 2.04 bits per heavy atom. The number of nitrogens with one attached hydrogen (secondary N) is 2. The molecular weight excluding hydrogens is 347 g/mol. The fourth-order valence-corrected chi connectivity index (χ4v) is 3.25. The molecule has 2 atom stereocenters. The Morgan fingerprint density at radius 3 is 2.62 bits per heavy atom. The predicted molar refractivity (Wildman–Crippen MR) is 98.1 cm³/mol. The van der Waals surface area contributed by atoms with Crippen molar-refractivity contribution in [3.63, 3.8) is 0 Å². The Labute approximate surface area is 151 Å². The molecule has 1 amide bonds. The zero-order chi connectivity index (χ0) is 17.9. The van der Waals surface area contributed by atoms with Crippen LogP contribution in [0.25, 0.3) is 0 Å². The maximum Gasteiger partial charge on any atom is 0.224 e. The highest BCUT2D eigenvalue weighted by atomic mass is 35.5. The first-order chi connectivity index (χ1) is 11.3. The monoisotopic (exact) mass is 368 g/mol. The van der Waals surface area contributed by atoms with Gasteiger partial charge in [-0.15, -0.1) is 0 Å². The third kappa shape index (κ3) is 4.22. The predicted octanol–water partition coefficient (Wildman–Crippen LogP) is 3.99. The number of hydrogen-bond acceptors (Lipinski definition) is 3. The van der Waals surface area contributed by atoms with E-state index in [0.29, 0.717) is 22.5 Å². The first kappa shape index (κ1) is 18.6. The van der Waals surface area contributed by atoms with E-state index in [9.17, 15) is 4.79 Å². The number of anilines is 1. The Hall–Kier alpha value is -1.72. The number of halogens is 2. The van der Waals surface area contributed by atoms with E-state index in [1.807, 2.05) is 32.9 Å². The summed E-state index contributed by atoms with van der Waals surface area (Å²) in [5.74, 6) is 0.160. The van der Waals surface area contributed by atoms with Gasteiger partial charge >= 0.3 is 0 Å². The molecule has 130 valence electrons. The van der Waals surface area contributed by atoms with E-state index < -0.39 is 0 Å². The molecule has 7 heteroatoms. The molecule has 0 aliphatic rings. The van der Waals surface area contributed by atoms with E-state index >= 15 is 0 Å². The summed E-state index contributed by atoms with van der Waals surface area (Å²) in [6.45, 7) is 6.34. The largest absolute Gasteiger partial charge is 0.369 e. The van der Waals surface area contributed by atoms with Crippen LogP contribution in [0.5, 0.6) is 0 Å². The number of rotatable bonds is 6. The average molecular weight is 369 g/mol. The van der Waals surface area contributed by atoms with Gasteiger partial charge in [0.15, 0.2) is 5.95 Å². The van der Waals surface area contributed by atoms with E-state index in [1.165, 1.54) is 0 Å². The van der Waals surface area contributed by atoms with Gasteiger partial charge in [-0.1, -0.05) is 56.1 Å². The summed E-state index contributed by atoms with van der Waals surface area (Å²) in [5.41, 5.74) is 7.21. The summed E-state index contributed by atoms with van der Waals surface area (Å²) in [4.78, 5) is 19.8. The lowest BCUT2D eigenvalue weighted by Crippen LogP contribution is -2.36. The smallest absolute Gasteiger partial charge is 0.224 e. The van der Waals surface area contributed by atoms with Crippen LogP contribution in [0.15, 0.2) is 24.4 Å². The molecule has 1 aromatic carbocycles. The number of hydrogen-bond donors (Lipinski definition) is 3. The van der Waals surface area contributed by atoms with Crippen LogP contribution in [-0.2, 0) is 11.3 Å². The van der Waals surface area contributed by atoms with E-state index in [2.05, 4.69) is 15.3 Å². The maximum atomic E-state index is 12.7. The molecule has 24 heavy (non-hydrogen) atoms. The molecule has 4 N–H and O–H groups in total. The van der Waals surface area contributed by atoms with Crippen LogP contribution < -0.4 is 11.1 Å². The molecule has 2 aromatic rings. The molecule has 2 rings (SSSR count). The molecule has 2 unspecified atom stereocenters. The molecule has 0 fully saturated rings. The van der Waals surface area contributed by atoms with E-state index in [-0.39, 0.29) is 23.7 Å². The third-order valence-electron chi connectivity index (χ3n) is 4.13. The highest BCUT2D eigenvalue weighted by molar-refractivity contribution is 6.42. The van der Waals surface area contributed by atoms with Crippen molar-refractivity contribution in [2.45, 2.75) is 33.2 Å². The summed E-state index contributed by atoms with van der Waals surface area (Å²) >= 11 is 12.2. The lowest BCUT2D eigenvalue weighted by molar-refractivity contribution is -0.127. The number of carbonyl (C=O) groups excluding carboxylic acids is 1. The summed E-state index contributed by atoms with van der Waals surface area (Å²) in [5, 5.41) is 3.90. The molecule has 0 bridgehead atoms. The lowest BCUT2D eigenvalue weighted by Gasteiger charge is -2.25. The van der Waals surface area contributed by atoms with Gasteiger partial charge in [0.05, 0.1) is 15.7 Å². The second kappa shape index (κ2) is 7.90. The second-order valence-corrected chi connectivity index (χ2v) is 6.98. The van der Waals surface area contributed by atoms with Crippen LogP contribution in [0, 0.1) is 11.8 Å². The topological polar surface area (TPSA) is 83.8 Å². The minimum Gasteiger partial charge on any atom is -0.369 e. The van der Waals surface area contributed by atoms with Gasteiger partial charge in [0.25, 0.3) is 0 Å². The second-order valence-electron chi connectivity index (χ2n) is 6.20. The molecule has 0 aliphatic carbocycles.